The van der Waals surface area contributed by atoms with E-state index in [2.05, 4.69) is 15.3 Å². The molecule has 0 atom stereocenters. The van der Waals surface area contributed by atoms with Crippen LogP contribution in [0.2, 0.25) is 0 Å². The molecule has 1 amide bonds. The van der Waals surface area contributed by atoms with Crippen LogP contribution in [0.15, 0.2) is 4.79 Å². The van der Waals surface area contributed by atoms with E-state index in [4.69, 9.17) is 0 Å². The van der Waals surface area contributed by atoms with Gasteiger partial charge in [0.1, 0.15) is 10.7 Å². The number of rotatable bonds is 5. The topological polar surface area (TPSA) is 74.8 Å². The fourth-order valence-corrected chi connectivity index (χ4v) is 6.19. The Morgan fingerprint density at radius 2 is 1.93 bits per heavy atom. The van der Waals surface area contributed by atoms with Crippen molar-refractivity contribution in [2.75, 3.05) is 5.75 Å². The molecule has 2 aliphatic rings. The summed E-state index contributed by atoms with van der Waals surface area (Å²) in [5, 5.41) is 3.97. The average Bonchev–Trinajstić information content (AvgIpc) is 2.83. The highest BCUT2D eigenvalue weighted by molar-refractivity contribution is 7.99. The molecule has 0 spiro atoms. The van der Waals surface area contributed by atoms with Crippen molar-refractivity contribution >= 4 is 39.2 Å². The lowest BCUT2D eigenvalue weighted by Crippen LogP contribution is -2.35. The summed E-state index contributed by atoms with van der Waals surface area (Å²) in [6.45, 7) is 0. The van der Waals surface area contributed by atoms with E-state index >= 15 is 0 Å². The van der Waals surface area contributed by atoms with Crippen molar-refractivity contribution in [2.45, 2.75) is 76.0 Å². The maximum atomic E-state index is 12.5. The van der Waals surface area contributed by atoms with Crippen LogP contribution in [0.1, 0.15) is 67.6 Å². The number of aryl methyl sites for hydroxylation is 2. The van der Waals surface area contributed by atoms with Gasteiger partial charge in [0.25, 0.3) is 5.56 Å². The van der Waals surface area contributed by atoms with Gasteiger partial charge in [-0.25, -0.2) is 4.98 Å². The molecule has 2 heterocycles. The van der Waals surface area contributed by atoms with Gasteiger partial charge in [-0.15, -0.1) is 23.1 Å². The number of thiophene rings is 1. The van der Waals surface area contributed by atoms with Gasteiger partial charge in [-0.2, -0.15) is 0 Å². The number of carbonyl (C=O) groups is 1. The molecule has 0 bridgehead atoms. The van der Waals surface area contributed by atoms with E-state index < -0.39 is 0 Å². The van der Waals surface area contributed by atoms with Gasteiger partial charge in [-0.05, 0) is 44.1 Å². The summed E-state index contributed by atoms with van der Waals surface area (Å²) in [6.07, 6.45) is 11.6. The van der Waals surface area contributed by atoms with Gasteiger partial charge < -0.3 is 10.3 Å². The largest absolute Gasteiger partial charge is 0.353 e. The molecule has 2 aromatic heterocycles. The number of H-pyrrole nitrogens is 1. The highest BCUT2D eigenvalue weighted by Gasteiger charge is 2.20. The summed E-state index contributed by atoms with van der Waals surface area (Å²) in [5.41, 5.74) is 1.20. The van der Waals surface area contributed by atoms with E-state index in [1.807, 2.05) is 0 Å². The van der Waals surface area contributed by atoms with Crippen molar-refractivity contribution in [3.63, 3.8) is 0 Å². The van der Waals surface area contributed by atoms with E-state index in [0.717, 1.165) is 42.3 Å². The normalized spacial score (nSPS) is 18.2. The van der Waals surface area contributed by atoms with Gasteiger partial charge in [-0.1, -0.05) is 25.7 Å². The molecule has 0 aliphatic heterocycles. The number of amides is 1. The standard InChI is InChI=1S/C20H27N3O2S2/c24-17(21-13-7-3-1-2-4-8-13)12-26-11-16-22-19(25)18-14-9-5-6-10-15(14)27-20(18)23-16/h13H,1-12H2,(H,21,24)(H,22,23,25). The number of nitrogens with zero attached hydrogens (tertiary/aromatic N) is 1. The van der Waals surface area contributed by atoms with Crippen molar-refractivity contribution < 1.29 is 4.79 Å². The Morgan fingerprint density at radius 1 is 1.15 bits per heavy atom. The third kappa shape index (κ3) is 4.57. The summed E-state index contributed by atoms with van der Waals surface area (Å²) in [5.74, 6) is 1.76. The summed E-state index contributed by atoms with van der Waals surface area (Å²) in [6, 6.07) is 0.340. The summed E-state index contributed by atoms with van der Waals surface area (Å²) in [7, 11) is 0. The van der Waals surface area contributed by atoms with E-state index in [1.165, 1.54) is 54.3 Å². The van der Waals surface area contributed by atoms with Crippen molar-refractivity contribution in [3.8, 4) is 0 Å². The van der Waals surface area contributed by atoms with Gasteiger partial charge in [0, 0.05) is 10.9 Å². The molecular formula is C20H27N3O2S2. The zero-order valence-corrected chi connectivity index (χ0v) is 17.3. The first kappa shape index (κ1) is 19.0. The first-order valence-electron chi connectivity index (χ1n) is 10.1. The molecule has 1 fully saturated rings. The van der Waals surface area contributed by atoms with E-state index in [-0.39, 0.29) is 11.5 Å². The number of thioether (sulfide) groups is 1. The summed E-state index contributed by atoms with van der Waals surface area (Å²) < 4.78 is 0. The first-order valence-corrected chi connectivity index (χ1v) is 12.1. The summed E-state index contributed by atoms with van der Waals surface area (Å²) >= 11 is 3.19. The molecule has 0 aromatic carbocycles. The van der Waals surface area contributed by atoms with Crippen LogP contribution < -0.4 is 10.9 Å². The number of hydrogen-bond donors (Lipinski definition) is 2. The molecule has 2 aliphatic carbocycles. The smallest absolute Gasteiger partial charge is 0.259 e. The van der Waals surface area contributed by atoms with Gasteiger partial charge in [0.05, 0.1) is 16.9 Å². The Balaban J connectivity index is 1.35. The Hall–Kier alpha value is -1.34. The molecule has 2 N–H and O–H groups in total. The second-order valence-corrected chi connectivity index (χ2v) is 9.72. The Bertz CT molecular complexity index is 866. The first-order chi connectivity index (χ1) is 13.2. The highest BCUT2D eigenvalue weighted by atomic mass is 32.2. The van der Waals surface area contributed by atoms with Crippen LogP contribution in [0.4, 0.5) is 0 Å². The minimum Gasteiger partial charge on any atom is -0.353 e. The third-order valence-electron chi connectivity index (χ3n) is 5.57. The lowest BCUT2D eigenvalue weighted by atomic mass is 9.97. The molecule has 0 unspecified atom stereocenters. The predicted molar refractivity (Wildman–Crippen MR) is 113 cm³/mol. The molecule has 1 saturated carbocycles. The minimum absolute atomic E-state index is 0.0158. The van der Waals surface area contributed by atoms with E-state index in [0.29, 0.717) is 23.4 Å². The van der Waals surface area contributed by atoms with Crippen molar-refractivity contribution in [2.24, 2.45) is 0 Å². The van der Waals surface area contributed by atoms with Gasteiger partial charge in [0.2, 0.25) is 5.91 Å². The quantitative estimate of drug-likeness (QED) is 0.739. The van der Waals surface area contributed by atoms with Gasteiger partial charge >= 0.3 is 0 Å². The SMILES string of the molecule is O=C(CSCc1nc2sc3c(c2c(=O)[nH]1)CCCC3)NC1CCCCCC1. The van der Waals surface area contributed by atoms with Crippen molar-refractivity contribution in [1.82, 2.24) is 15.3 Å². The Labute approximate surface area is 167 Å². The molecule has 0 saturated heterocycles. The van der Waals surface area contributed by atoms with Crippen LogP contribution in [0, 0.1) is 0 Å². The highest BCUT2D eigenvalue weighted by Crippen LogP contribution is 2.33. The van der Waals surface area contributed by atoms with Crippen LogP contribution in [-0.4, -0.2) is 27.7 Å². The van der Waals surface area contributed by atoms with Crippen LogP contribution in [0.3, 0.4) is 0 Å². The monoisotopic (exact) mass is 405 g/mol. The zero-order valence-electron chi connectivity index (χ0n) is 15.6. The molecule has 146 valence electrons. The molecule has 27 heavy (non-hydrogen) atoms. The molecule has 0 radical (unpaired) electrons. The fraction of sp³-hybridized carbons (Fsp3) is 0.650. The number of carbonyl (C=O) groups excluding carboxylic acids is 1. The van der Waals surface area contributed by atoms with E-state index in [1.54, 1.807) is 11.3 Å². The fourth-order valence-electron chi connectivity index (χ4n) is 4.21. The lowest BCUT2D eigenvalue weighted by Gasteiger charge is -2.15. The van der Waals surface area contributed by atoms with Crippen LogP contribution >= 0.6 is 23.1 Å². The number of aromatic nitrogens is 2. The molecule has 7 heteroatoms. The van der Waals surface area contributed by atoms with Crippen molar-refractivity contribution in [3.05, 3.63) is 26.6 Å². The Kier molecular flexibility index (Phi) is 6.18. The number of hydrogen-bond acceptors (Lipinski definition) is 5. The van der Waals surface area contributed by atoms with Crippen LogP contribution in [0.5, 0.6) is 0 Å². The third-order valence-corrected chi connectivity index (χ3v) is 7.70. The van der Waals surface area contributed by atoms with Crippen molar-refractivity contribution in [1.29, 1.82) is 0 Å². The Morgan fingerprint density at radius 3 is 2.74 bits per heavy atom. The minimum atomic E-state index is -0.0158. The van der Waals surface area contributed by atoms with Crippen LogP contribution in [-0.2, 0) is 23.4 Å². The number of nitrogens with one attached hydrogen (secondary N) is 2. The molecule has 2 aromatic rings. The maximum Gasteiger partial charge on any atom is 0.259 e. The zero-order chi connectivity index (χ0) is 18.6. The predicted octanol–water partition coefficient (Wildman–Crippen LogP) is 3.94. The average molecular weight is 406 g/mol. The molecule has 5 nitrogen and oxygen atoms in total. The lowest BCUT2D eigenvalue weighted by molar-refractivity contribution is -0.119. The summed E-state index contributed by atoms with van der Waals surface area (Å²) in [4.78, 5) is 34.6. The second kappa shape index (κ2) is 8.78. The molecular weight excluding hydrogens is 378 g/mol. The number of aromatic amines is 1. The van der Waals surface area contributed by atoms with Gasteiger partial charge in [-0.3, -0.25) is 9.59 Å². The number of fused-ring (bicyclic) bond motifs is 3. The maximum absolute atomic E-state index is 12.5. The molecule has 4 rings (SSSR count). The second-order valence-electron chi connectivity index (χ2n) is 7.65. The van der Waals surface area contributed by atoms with E-state index in [9.17, 15) is 9.59 Å². The van der Waals surface area contributed by atoms with Gasteiger partial charge in [0.15, 0.2) is 0 Å². The van der Waals surface area contributed by atoms with Crippen LogP contribution in [0.25, 0.3) is 10.2 Å².